The van der Waals surface area contributed by atoms with E-state index < -0.39 is 26.4 Å². The van der Waals surface area contributed by atoms with Gasteiger partial charge in [0.25, 0.3) is 0 Å². The van der Waals surface area contributed by atoms with Crippen molar-refractivity contribution in [3.05, 3.63) is 58.3 Å². The molecule has 1 N–H and O–H groups in total. The van der Waals surface area contributed by atoms with Gasteiger partial charge in [-0.25, -0.2) is 17.2 Å². The quantitative estimate of drug-likeness (QED) is 0.673. The van der Waals surface area contributed by atoms with Gasteiger partial charge in [-0.15, -0.1) is 12.4 Å². The van der Waals surface area contributed by atoms with E-state index in [4.69, 9.17) is 16.0 Å². The maximum Gasteiger partial charge on any atom is 0.206 e. The number of fused-ring (bicyclic) bond motifs is 3. The fraction of sp³-hybridized carbons (Fsp3) is 0.176. The SMILES string of the molecule is Cl.O=S(=O)(c1cc(F)cc(F)c1)c1cc(Cl)c2oc3c(c2c1)CNCC3. The second-order valence-corrected chi connectivity index (χ2v) is 8.18. The van der Waals surface area contributed by atoms with Crippen LogP contribution < -0.4 is 5.32 Å². The predicted molar refractivity (Wildman–Crippen MR) is 95.7 cm³/mol. The molecule has 3 aromatic rings. The van der Waals surface area contributed by atoms with Crippen LogP contribution in [-0.2, 0) is 22.8 Å². The Morgan fingerprint density at radius 1 is 1.04 bits per heavy atom. The molecule has 4 nitrogen and oxygen atoms in total. The summed E-state index contributed by atoms with van der Waals surface area (Å²) >= 11 is 6.21. The number of furan rings is 1. The first-order valence-corrected chi connectivity index (χ1v) is 9.38. The fourth-order valence-electron chi connectivity index (χ4n) is 3.02. The summed E-state index contributed by atoms with van der Waals surface area (Å²) in [5.74, 6) is -1.16. The highest BCUT2D eigenvalue weighted by atomic mass is 35.5. The summed E-state index contributed by atoms with van der Waals surface area (Å²) in [4.78, 5) is -0.597. The minimum Gasteiger partial charge on any atom is -0.459 e. The van der Waals surface area contributed by atoms with E-state index >= 15 is 0 Å². The van der Waals surface area contributed by atoms with Crippen LogP contribution in [0.25, 0.3) is 11.0 Å². The zero-order valence-electron chi connectivity index (χ0n) is 13.2. The summed E-state index contributed by atoms with van der Waals surface area (Å²) in [5.41, 5.74) is 1.27. The minimum atomic E-state index is -4.13. The van der Waals surface area contributed by atoms with E-state index in [1.54, 1.807) is 0 Å². The van der Waals surface area contributed by atoms with Crippen molar-refractivity contribution in [3.63, 3.8) is 0 Å². The van der Waals surface area contributed by atoms with Gasteiger partial charge >= 0.3 is 0 Å². The Morgan fingerprint density at radius 3 is 2.38 bits per heavy atom. The molecule has 1 aliphatic rings. The van der Waals surface area contributed by atoms with Crippen LogP contribution in [0.5, 0.6) is 0 Å². The van der Waals surface area contributed by atoms with Crippen LogP contribution in [0.2, 0.25) is 5.02 Å². The highest BCUT2D eigenvalue weighted by Crippen LogP contribution is 2.36. The molecule has 0 unspecified atom stereocenters. The number of halogens is 4. The highest BCUT2D eigenvalue weighted by molar-refractivity contribution is 7.91. The molecule has 4 rings (SSSR count). The molecule has 1 aromatic heterocycles. The number of benzene rings is 2. The summed E-state index contributed by atoms with van der Waals surface area (Å²) in [5, 5.41) is 3.92. The third-order valence-corrected chi connectivity index (χ3v) is 6.18. The van der Waals surface area contributed by atoms with Crippen LogP contribution in [0.1, 0.15) is 11.3 Å². The van der Waals surface area contributed by atoms with Gasteiger partial charge in [-0.1, -0.05) is 11.6 Å². The molecule has 26 heavy (non-hydrogen) atoms. The molecule has 0 radical (unpaired) electrons. The van der Waals surface area contributed by atoms with Crippen molar-refractivity contribution in [1.29, 1.82) is 0 Å². The lowest BCUT2D eigenvalue weighted by molar-refractivity contribution is 0.500. The molecule has 0 bridgehead atoms. The minimum absolute atomic E-state index is 0. The molecular weight excluding hydrogens is 407 g/mol. The van der Waals surface area contributed by atoms with Crippen LogP contribution in [0, 0.1) is 11.6 Å². The van der Waals surface area contributed by atoms with Gasteiger partial charge in [0.2, 0.25) is 9.84 Å². The van der Waals surface area contributed by atoms with Gasteiger partial charge in [0, 0.05) is 36.5 Å². The Kier molecular flexibility index (Phi) is 5.00. The van der Waals surface area contributed by atoms with Crippen LogP contribution in [0.4, 0.5) is 8.78 Å². The summed E-state index contributed by atoms with van der Waals surface area (Å²) in [7, 11) is -4.13. The van der Waals surface area contributed by atoms with E-state index in [1.165, 1.54) is 12.1 Å². The number of rotatable bonds is 2. The smallest absolute Gasteiger partial charge is 0.206 e. The van der Waals surface area contributed by atoms with Gasteiger partial charge in [0.1, 0.15) is 17.4 Å². The number of hydrogen-bond donors (Lipinski definition) is 1. The normalized spacial score (nSPS) is 14.1. The van der Waals surface area contributed by atoms with Crippen LogP contribution >= 0.6 is 24.0 Å². The lowest BCUT2D eigenvalue weighted by atomic mass is 10.1. The molecule has 0 aliphatic carbocycles. The van der Waals surface area contributed by atoms with Gasteiger partial charge < -0.3 is 9.73 Å². The lowest BCUT2D eigenvalue weighted by Crippen LogP contribution is -2.22. The molecule has 0 amide bonds. The second kappa shape index (κ2) is 6.81. The average Bonchev–Trinajstić information content (AvgIpc) is 2.93. The van der Waals surface area contributed by atoms with Gasteiger partial charge in [0.05, 0.1) is 14.8 Å². The first-order valence-electron chi connectivity index (χ1n) is 7.52. The summed E-state index contributed by atoms with van der Waals surface area (Å²) in [6.07, 6.45) is 0.678. The fourth-order valence-corrected chi connectivity index (χ4v) is 4.69. The van der Waals surface area contributed by atoms with Crippen molar-refractivity contribution in [2.45, 2.75) is 22.8 Å². The van der Waals surface area contributed by atoms with Gasteiger partial charge in [0.15, 0.2) is 5.58 Å². The van der Waals surface area contributed by atoms with Crippen molar-refractivity contribution in [2.24, 2.45) is 0 Å². The molecule has 138 valence electrons. The monoisotopic (exact) mass is 419 g/mol. The molecule has 0 saturated heterocycles. The molecule has 0 saturated carbocycles. The molecule has 0 fully saturated rings. The zero-order chi connectivity index (χ0) is 17.8. The van der Waals surface area contributed by atoms with Gasteiger partial charge in [-0.05, 0) is 24.3 Å². The van der Waals surface area contributed by atoms with Crippen molar-refractivity contribution in [2.75, 3.05) is 6.54 Å². The molecule has 2 aromatic carbocycles. The second-order valence-electron chi connectivity index (χ2n) is 5.82. The standard InChI is InChI=1S/C17H12ClF2NO3S.ClH/c18-15-7-12(25(22,23)11-4-9(19)3-10(20)5-11)6-13-14-8-21-2-1-16(14)24-17(13)15;/h3-7,21H,1-2,8H2;1H. The van der Waals surface area contributed by atoms with Crippen molar-refractivity contribution in [1.82, 2.24) is 5.32 Å². The van der Waals surface area contributed by atoms with Crippen molar-refractivity contribution < 1.29 is 21.6 Å². The maximum absolute atomic E-state index is 13.4. The molecule has 2 heterocycles. The summed E-state index contributed by atoms with van der Waals surface area (Å²) in [6.45, 7) is 1.30. The Hall–Kier alpha value is -1.67. The predicted octanol–water partition coefficient (Wildman–Crippen LogP) is 4.26. The maximum atomic E-state index is 13.4. The van der Waals surface area contributed by atoms with Gasteiger partial charge in [-0.2, -0.15) is 0 Å². The van der Waals surface area contributed by atoms with E-state index in [-0.39, 0.29) is 22.3 Å². The summed E-state index contributed by atoms with van der Waals surface area (Å²) in [6, 6.07) is 4.86. The summed E-state index contributed by atoms with van der Waals surface area (Å²) < 4.78 is 58.2. The Bertz CT molecular complexity index is 1090. The number of nitrogens with one attached hydrogen (secondary N) is 1. The van der Waals surface area contributed by atoms with E-state index in [2.05, 4.69) is 5.32 Å². The average molecular weight is 420 g/mol. The van der Waals surface area contributed by atoms with E-state index in [0.717, 1.165) is 30.0 Å². The first-order chi connectivity index (χ1) is 11.9. The molecule has 9 heteroatoms. The van der Waals surface area contributed by atoms with Crippen LogP contribution in [0.15, 0.2) is 44.5 Å². The van der Waals surface area contributed by atoms with Crippen LogP contribution in [-0.4, -0.2) is 15.0 Å². The van der Waals surface area contributed by atoms with Crippen molar-refractivity contribution >= 4 is 44.8 Å². The molecule has 1 aliphatic heterocycles. The van der Waals surface area contributed by atoms with Crippen molar-refractivity contribution in [3.8, 4) is 0 Å². The van der Waals surface area contributed by atoms with E-state index in [9.17, 15) is 17.2 Å². The van der Waals surface area contributed by atoms with Gasteiger partial charge in [-0.3, -0.25) is 0 Å². The molecule has 0 spiro atoms. The Balaban J connectivity index is 0.00000196. The van der Waals surface area contributed by atoms with Crippen LogP contribution in [0.3, 0.4) is 0 Å². The van der Waals surface area contributed by atoms with E-state index in [0.29, 0.717) is 30.0 Å². The number of hydrogen-bond acceptors (Lipinski definition) is 4. The largest absolute Gasteiger partial charge is 0.459 e. The number of sulfone groups is 1. The zero-order valence-corrected chi connectivity index (χ0v) is 15.6. The third-order valence-electron chi connectivity index (χ3n) is 4.19. The Labute approximate surface area is 159 Å². The molecule has 0 atom stereocenters. The lowest BCUT2D eigenvalue weighted by Gasteiger charge is -2.11. The topological polar surface area (TPSA) is 59.3 Å². The Morgan fingerprint density at radius 2 is 1.69 bits per heavy atom. The highest BCUT2D eigenvalue weighted by Gasteiger charge is 2.25. The van der Waals surface area contributed by atoms with E-state index in [1.807, 2.05) is 0 Å². The molecular formula is C17H13Cl2F2NO3S. The third kappa shape index (κ3) is 3.09. The first kappa shape index (κ1) is 19.1.